The fourth-order valence-electron chi connectivity index (χ4n) is 4.66. The summed E-state index contributed by atoms with van der Waals surface area (Å²) in [6.45, 7) is 1.18. The Bertz CT molecular complexity index is 1080. The van der Waals surface area contributed by atoms with E-state index in [0.717, 1.165) is 5.56 Å². The van der Waals surface area contributed by atoms with Crippen LogP contribution < -0.4 is 15.4 Å². The Balaban J connectivity index is 1.40. The average Bonchev–Trinajstić information content (AvgIpc) is 2.87. The van der Waals surface area contributed by atoms with Crippen LogP contribution in [0, 0.1) is 0 Å². The molecule has 0 radical (unpaired) electrons. The van der Waals surface area contributed by atoms with E-state index >= 15 is 0 Å². The summed E-state index contributed by atoms with van der Waals surface area (Å²) in [5.41, 5.74) is 1.85. The van der Waals surface area contributed by atoms with Gasteiger partial charge in [-0.25, -0.2) is 0 Å². The molecule has 4 rings (SSSR count). The third kappa shape index (κ3) is 6.41. The summed E-state index contributed by atoms with van der Waals surface area (Å²) in [6.07, 6.45) is 1.29. The molecule has 2 aromatic carbocycles. The summed E-state index contributed by atoms with van der Waals surface area (Å²) >= 11 is 0. The van der Waals surface area contributed by atoms with Crippen LogP contribution in [0.1, 0.15) is 35.2 Å². The lowest BCUT2D eigenvalue weighted by Crippen LogP contribution is -2.54. The predicted molar refractivity (Wildman–Crippen MR) is 134 cm³/mol. The molecule has 2 aliphatic heterocycles. The lowest BCUT2D eigenvalue weighted by Gasteiger charge is -2.42. The van der Waals surface area contributed by atoms with Crippen molar-refractivity contribution >= 4 is 23.4 Å². The molecular weight excluding hydrogens is 462 g/mol. The molecule has 3 amide bonds. The van der Waals surface area contributed by atoms with Crippen molar-refractivity contribution in [2.45, 2.75) is 43.9 Å². The van der Waals surface area contributed by atoms with Crippen LogP contribution in [0.4, 0.5) is 5.69 Å². The second kappa shape index (κ2) is 12.0. The molecule has 9 nitrogen and oxygen atoms in total. The minimum absolute atomic E-state index is 0.0844. The van der Waals surface area contributed by atoms with Gasteiger partial charge in [0, 0.05) is 26.4 Å². The fourth-order valence-corrected chi connectivity index (χ4v) is 4.66. The van der Waals surface area contributed by atoms with E-state index in [1.165, 1.54) is 0 Å². The molecule has 9 heteroatoms. The van der Waals surface area contributed by atoms with Crippen LogP contribution in [0.25, 0.3) is 0 Å². The predicted octanol–water partition coefficient (Wildman–Crippen LogP) is 2.40. The highest BCUT2D eigenvalue weighted by molar-refractivity contribution is 6.00. The molecule has 1 fully saturated rings. The Morgan fingerprint density at radius 2 is 1.92 bits per heavy atom. The van der Waals surface area contributed by atoms with Gasteiger partial charge in [0.2, 0.25) is 11.8 Å². The molecule has 0 aromatic heterocycles. The number of carbonyl (C=O) groups excluding carboxylic acids is 3. The van der Waals surface area contributed by atoms with Crippen molar-refractivity contribution in [3.8, 4) is 5.75 Å². The number of hydrogen-bond acceptors (Lipinski definition) is 6. The number of ether oxygens (including phenoxy) is 3. The molecule has 2 N–H and O–H groups in total. The number of carbonyl (C=O) groups is 3. The zero-order valence-corrected chi connectivity index (χ0v) is 20.7. The van der Waals surface area contributed by atoms with Crippen LogP contribution >= 0.6 is 0 Å². The second-order valence-electron chi connectivity index (χ2n) is 9.14. The molecular formula is C27H33N3O6. The maximum Gasteiger partial charge on any atom is 0.257 e. The number of rotatable bonds is 8. The summed E-state index contributed by atoms with van der Waals surface area (Å²) in [5.74, 6) is -0.00162. The molecule has 192 valence electrons. The molecule has 36 heavy (non-hydrogen) atoms. The first-order chi connectivity index (χ1) is 17.4. The number of benzene rings is 2. The maximum absolute atomic E-state index is 13.4. The van der Waals surface area contributed by atoms with Gasteiger partial charge in [-0.15, -0.1) is 0 Å². The van der Waals surface area contributed by atoms with Gasteiger partial charge in [0.25, 0.3) is 5.91 Å². The van der Waals surface area contributed by atoms with E-state index in [1.54, 1.807) is 37.3 Å². The standard InChI is InChI=1S/C27H33N3O6/c1-30-22-10-9-20(16-25(31)28-12-13-34-2)36-24(22)17-35-23-11-8-19(15-21(23)27(30)33)29-26(32)14-18-6-4-3-5-7-18/h3-8,11,15,20,22,24H,9-10,12-14,16-17H2,1-2H3,(H,28,31)(H,29,32)/t20-,22+,24+/m0/s1. The van der Waals surface area contributed by atoms with Crippen molar-refractivity contribution in [1.29, 1.82) is 0 Å². The molecule has 1 saturated heterocycles. The first-order valence-corrected chi connectivity index (χ1v) is 12.2. The normalized spacial score (nSPS) is 21.3. The molecule has 0 aliphatic carbocycles. The van der Waals surface area contributed by atoms with E-state index in [0.29, 0.717) is 43.0 Å². The number of nitrogens with zero attached hydrogens (tertiary/aromatic N) is 1. The topological polar surface area (TPSA) is 106 Å². The van der Waals surface area contributed by atoms with Crippen molar-refractivity contribution < 1.29 is 28.6 Å². The van der Waals surface area contributed by atoms with Crippen LogP contribution in [0.3, 0.4) is 0 Å². The fraction of sp³-hybridized carbons (Fsp3) is 0.444. The largest absolute Gasteiger partial charge is 0.490 e. The molecule has 0 spiro atoms. The van der Waals surface area contributed by atoms with Gasteiger partial charge in [-0.3, -0.25) is 14.4 Å². The first-order valence-electron chi connectivity index (χ1n) is 12.2. The van der Waals surface area contributed by atoms with Crippen molar-refractivity contribution in [2.75, 3.05) is 39.2 Å². The number of anilines is 1. The van der Waals surface area contributed by atoms with Crippen molar-refractivity contribution in [2.24, 2.45) is 0 Å². The van der Waals surface area contributed by atoms with Crippen LogP contribution in [0.2, 0.25) is 0 Å². The zero-order valence-electron chi connectivity index (χ0n) is 20.7. The van der Waals surface area contributed by atoms with E-state index in [9.17, 15) is 14.4 Å². The second-order valence-corrected chi connectivity index (χ2v) is 9.14. The monoisotopic (exact) mass is 495 g/mol. The first kappa shape index (κ1) is 25.7. The van der Waals surface area contributed by atoms with Crippen LogP contribution in [0.15, 0.2) is 48.5 Å². The van der Waals surface area contributed by atoms with E-state index < -0.39 is 0 Å². The third-order valence-corrected chi connectivity index (χ3v) is 6.54. The Morgan fingerprint density at radius 1 is 1.11 bits per heavy atom. The summed E-state index contributed by atoms with van der Waals surface area (Å²) in [6, 6.07) is 14.4. The van der Waals surface area contributed by atoms with Gasteiger partial charge in [-0.05, 0) is 36.6 Å². The van der Waals surface area contributed by atoms with E-state index in [2.05, 4.69) is 10.6 Å². The summed E-state index contributed by atoms with van der Waals surface area (Å²) in [4.78, 5) is 39.8. The van der Waals surface area contributed by atoms with Crippen molar-refractivity contribution in [3.05, 3.63) is 59.7 Å². The Morgan fingerprint density at radius 3 is 2.69 bits per heavy atom. The van der Waals surface area contributed by atoms with Gasteiger partial charge in [0.1, 0.15) is 18.5 Å². The number of methoxy groups -OCH3 is 1. The highest BCUT2D eigenvalue weighted by Crippen LogP contribution is 2.32. The van der Waals surface area contributed by atoms with Gasteiger partial charge in [-0.2, -0.15) is 0 Å². The highest BCUT2D eigenvalue weighted by Gasteiger charge is 2.39. The minimum Gasteiger partial charge on any atom is -0.490 e. The van der Waals surface area contributed by atoms with E-state index in [1.807, 2.05) is 30.3 Å². The quantitative estimate of drug-likeness (QED) is 0.545. The number of likely N-dealkylation sites (N-methyl/N-ethyl adjacent to an activating group) is 1. The summed E-state index contributed by atoms with van der Waals surface area (Å²) in [5, 5.41) is 5.69. The van der Waals surface area contributed by atoms with Crippen LogP contribution in [-0.4, -0.2) is 74.8 Å². The minimum atomic E-state index is -0.345. The Labute approximate surface area is 211 Å². The van der Waals surface area contributed by atoms with E-state index in [4.69, 9.17) is 14.2 Å². The third-order valence-electron chi connectivity index (χ3n) is 6.54. The molecule has 0 bridgehead atoms. The Hall–Kier alpha value is -3.43. The van der Waals surface area contributed by atoms with Crippen molar-refractivity contribution in [3.63, 3.8) is 0 Å². The van der Waals surface area contributed by atoms with Gasteiger partial charge in [-0.1, -0.05) is 30.3 Å². The van der Waals surface area contributed by atoms with Crippen molar-refractivity contribution in [1.82, 2.24) is 10.2 Å². The molecule has 3 atom stereocenters. The number of amides is 3. The molecule has 2 aliphatic rings. The van der Waals surface area contributed by atoms with Gasteiger partial charge in [0.15, 0.2) is 0 Å². The Kier molecular flexibility index (Phi) is 8.56. The zero-order chi connectivity index (χ0) is 25.5. The van der Waals surface area contributed by atoms with Crippen LogP contribution in [-0.2, 0) is 25.5 Å². The molecule has 2 heterocycles. The van der Waals surface area contributed by atoms with Gasteiger partial charge >= 0.3 is 0 Å². The van der Waals surface area contributed by atoms with E-state index in [-0.39, 0.29) is 55.4 Å². The average molecular weight is 496 g/mol. The van der Waals surface area contributed by atoms with Crippen LogP contribution in [0.5, 0.6) is 5.75 Å². The number of fused-ring (bicyclic) bond motifs is 2. The summed E-state index contributed by atoms with van der Waals surface area (Å²) < 4.78 is 17.2. The number of hydrogen-bond donors (Lipinski definition) is 2. The smallest absolute Gasteiger partial charge is 0.257 e. The SMILES string of the molecule is COCCNC(=O)C[C@@H]1CC[C@@H]2[C@@H](COc3ccc(NC(=O)Cc4ccccc4)cc3C(=O)N2C)O1. The lowest BCUT2D eigenvalue weighted by atomic mass is 9.94. The highest BCUT2D eigenvalue weighted by atomic mass is 16.5. The molecule has 0 saturated carbocycles. The maximum atomic E-state index is 13.4. The van der Waals surface area contributed by atoms with Gasteiger partial charge in [0.05, 0.1) is 37.2 Å². The molecule has 0 unspecified atom stereocenters. The summed E-state index contributed by atoms with van der Waals surface area (Å²) in [7, 11) is 3.35. The lowest BCUT2D eigenvalue weighted by molar-refractivity contribution is -0.134. The molecule has 2 aromatic rings. The van der Waals surface area contributed by atoms with Gasteiger partial charge < -0.3 is 29.7 Å². The number of nitrogens with one attached hydrogen (secondary N) is 2.